The van der Waals surface area contributed by atoms with Gasteiger partial charge in [0.05, 0.1) is 10.6 Å². The molecule has 0 aliphatic heterocycles. The van der Waals surface area contributed by atoms with Gasteiger partial charge in [-0.15, -0.1) is 0 Å². The fourth-order valence-corrected chi connectivity index (χ4v) is 6.06. The lowest BCUT2D eigenvalue weighted by Crippen LogP contribution is -2.52. The van der Waals surface area contributed by atoms with Gasteiger partial charge in [-0.2, -0.15) is 0 Å². The number of nitrogens with one attached hydrogen (secondary N) is 1. The predicted molar refractivity (Wildman–Crippen MR) is 161 cm³/mol. The second-order valence-corrected chi connectivity index (χ2v) is 12.6. The standard InChI is InChI=1S/C32H41N3O4S/c1-7-29(32(37)33-20-23(2)3)34(21-27-13-11-12-24(4)18-27)31(36)22-35(30-19-25(5)16-17-26(30)6)40(38,39)28-14-9-8-10-15-28/h8-19,23,29H,7,20-22H2,1-6H3,(H,33,37)/t29-/m1/s1. The maximum absolute atomic E-state index is 14.2. The van der Waals surface area contributed by atoms with Gasteiger partial charge in [-0.3, -0.25) is 13.9 Å². The highest BCUT2D eigenvalue weighted by Crippen LogP contribution is 2.28. The van der Waals surface area contributed by atoms with Crippen molar-refractivity contribution in [1.29, 1.82) is 0 Å². The lowest BCUT2D eigenvalue weighted by atomic mass is 10.1. The van der Waals surface area contributed by atoms with Crippen LogP contribution in [-0.2, 0) is 26.2 Å². The number of aryl methyl sites for hydroxylation is 3. The van der Waals surface area contributed by atoms with Crippen molar-refractivity contribution >= 4 is 27.5 Å². The quantitative estimate of drug-likeness (QED) is 0.320. The first-order chi connectivity index (χ1) is 18.9. The van der Waals surface area contributed by atoms with Gasteiger partial charge in [-0.1, -0.05) is 80.9 Å². The van der Waals surface area contributed by atoms with Crippen LogP contribution in [0.3, 0.4) is 0 Å². The van der Waals surface area contributed by atoms with Crippen molar-refractivity contribution in [1.82, 2.24) is 10.2 Å². The van der Waals surface area contributed by atoms with Crippen LogP contribution in [0.15, 0.2) is 77.7 Å². The molecule has 0 aromatic heterocycles. The largest absolute Gasteiger partial charge is 0.354 e. The summed E-state index contributed by atoms with van der Waals surface area (Å²) in [7, 11) is -4.09. The van der Waals surface area contributed by atoms with Crippen LogP contribution in [-0.4, -0.2) is 44.3 Å². The van der Waals surface area contributed by atoms with Gasteiger partial charge in [-0.25, -0.2) is 8.42 Å². The van der Waals surface area contributed by atoms with Gasteiger partial charge in [0.1, 0.15) is 12.6 Å². The van der Waals surface area contributed by atoms with Crippen LogP contribution in [0.25, 0.3) is 0 Å². The highest BCUT2D eigenvalue weighted by atomic mass is 32.2. The van der Waals surface area contributed by atoms with Crippen molar-refractivity contribution in [2.45, 2.75) is 65.4 Å². The third-order valence-corrected chi connectivity index (χ3v) is 8.52. The smallest absolute Gasteiger partial charge is 0.264 e. The molecule has 3 rings (SSSR count). The van der Waals surface area contributed by atoms with Crippen molar-refractivity contribution in [3.63, 3.8) is 0 Å². The van der Waals surface area contributed by atoms with Crippen LogP contribution >= 0.6 is 0 Å². The molecule has 0 heterocycles. The van der Waals surface area contributed by atoms with E-state index >= 15 is 0 Å². The molecule has 1 N–H and O–H groups in total. The van der Waals surface area contributed by atoms with Crippen molar-refractivity contribution in [3.8, 4) is 0 Å². The van der Waals surface area contributed by atoms with E-state index in [-0.39, 0.29) is 23.3 Å². The molecule has 0 aliphatic carbocycles. The number of sulfonamides is 1. The molecule has 0 fully saturated rings. The van der Waals surface area contributed by atoms with Crippen LogP contribution < -0.4 is 9.62 Å². The number of hydrogen-bond donors (Lipinski definition) is 1. The molecular formula is C32H41N3O4S. The zero-order valence-electron chi connectivity index (χ0n) is 24.3. The molecule has 214 valence electrons. The zero-order chi connectivity index (χ0) is 29.4. The molecule has 3 aromatic rings. The monoisotopic (exact) mass is 563 g/mol. The lowest BCUT2D eigenvalue weighted by molar-refractivity contribution is -0.140. The second-order valence-electron chi connectivity index (χ2n) is 10.7. The second kappa shape index (κ2) is 13.6. The Balaban J connectivity index is 2.08. The van der Waals surface area contributed by atoms with Crippen LogP contribution in [0.4, 0.5) is 5.69 Å². The molecule has 0 aliphatic rings. The van der Waals surface area contributed by atoms with Crippen molar-refractivity contribution in [3.05, 3.63) is 95.1 Å². The van der Waals surface area contributed by atoms with Crippen molar-refractivity contribution in [2.75, 3.05) is 17.4 Å². The number of benzene rings is 3. The molecule has 8 heteroatoms. The van der Waals surface area contributed by atoms with E-state index in [2.05, 4.69) is 5.32 Å². The molecule has 0 radical (unpaired) electrons. The minimum Gasteiger partial charge on any atom is -0.354 e. The van der Waals surface area contributed by atoms with Gasteiger partial charge in [0.25, 0.3) is 10.0 Å². The van der Waals surface area contributed by atoms with Crippen LogP contribution in [0, 0.1) is 26.7 Å². The molecular weight excluding hydrogens is 522 g/mol. The molecule has 7 nitrogen and oxygen atoms in total. The number of anilines is 1. The SMILES string of the molecule is CC[C@H](C(=O)NCC(C)C)N(Cc1cccc(C)c1)C(=O)CN(c1cc(C)ccc1C)S(=O)(=O)c1ccccc1. The molecule has 0 unspecified atom stereocenters. The summed E-state index contributed by atoms with van der Waals surface area (Å²) in [5.74, 6) is -0.451. The summed E-state index contributed by atoms with van der Waals surface area (Å²) in [6, 6.07) is 20.7. The Morgan fingerprint density at radius 2 is 1.55 bits per heavy atom. The van der Waals surface area contributed by atoms with Crippen molar-refractivity contribution in [2.24, 2.45) is 5.92 Å². The van der Waals surface area contributed by atoms with E-state index in [0.29, 0.717) is 18.7 Å². The normalized spacial score (nSPS) is 12.2. The number of amides is 2. The fraction of sp³-hybridized carbons (Fsp3) is 0.375. The number of hydrogen-bond acceptors (Lipinski definition) is 4. The molecule has 2 amide bonds. The Morgan fingerprint density at radius 1 is 0.875 bits per heavy atom. The summed E-state index contributed by atoms with van der Waals surface area (Å²) >= 11 is 0. The predicted octanol–water partition coefficient (Wildman–Crippen LogP) is 5.39. The maximum Gasteiger partial charge on any atom is 0.264 e. The van der Waals surface area contributed by atoms with E-state index in [4.69, 9.17) is 0 Å². The van der Waals surface area contributed by atoms with E-state index in [9.17, 15) is 18.0 Å². The highest BCUT2D eigenvalue weighted by Gasteiger charge is 2.34. The van der Waals surface area contributed by atoms with Crippen LogP contribution in [0.5, 0.6) is 0 Å². The average molecular weight is 564 g/mol. The van der Waals surface area contributed by atoms with Gasteiger partial charge in [0.2, 0.25) is 11.8 Å². The zero-order valence-corrected chi connectivity index (χ0v) is 25.2. The Labute approximate surface area is 239 Å². The average Bonchev–Trinajstić information content (AvgIpc) is 2.92. The third kappa shape index (κ3) is 7.72. The summed E-state index contributed by atoms with van der Waals surface area (Å²) in [4.78, 5) is 29.1. The van der Waals surface area contributed by atoms with E-state index in [1.807, 2.05) is 77.9 Å². The molecule has 1 atom stereocenters. The molecule has 3 aromatic carbocycles. The van der Waals surface area contributed by atoms with Gasteiger partial charge < -0.3 is 10.2 Å². The molecule has 0 saturated heterocycles. The van der Waals surface area contributed by atoms with E-state index in [1.54, 1.807) is 24.3 Å². The summed E-state index contributed by atoms with van der Waals surface area (Å²) < 4.78 is 29.1. The topological polar surface area (TPSA) is 86.8 Å². The Morgan fingerprint density at radius 3 is 2.17 bits per heavy atom. The van der Waals surface area contributed by atoms with Crippen LogP contribution in [0.1, 0.15) is 49.4 Å². The number of carbonyl (C=O) groups excluding carboxylic acids is 2. The number of carbonyl (C=O) groups is 2. The van der Waals surface area contributed by atoms with Crippen molar-refractivity contribution < 1.29 is 18.0 Å². The Bertz CT molecular complexity index is 1420. The number of rotatable bonds is 12. The van der Waals surface area contributed by atoms with Gasteiger partial charge in [0.15, 0.2) is 0 Å². The van der Waals surface area contributed by atoms with E-state index in [0.717, 1.165) is 22.3 Å². The summed E-state index contributed by atoms with van der Waals surface area (Å²) in [5.41, 5.74) is 3.94. The Kier molecular flexibility index (Phi) is 10.5. The minimum absolute atomic E-state index is 0.0932. The van der Waals surface area contributed by atoms with E-state index < -0.39 is 28.5 Å². The Hall–Kier alpha value is -3.65. The van der Waals surface area contributed by atoms with Gasteiger partial charge in [0, 0.05) is 13.1 Å². The molecule has 0 spiro atoms. The molecule has 40 heavy (non-hydrogen) atoms. The summed E-state index contributed by atoms with van der Waals surface area (Å²) in [6.45, 7) is 11.8. The summed E-state index contributed by atoms with van der Waals surface area (Å²) in [5, 5.41) is 2.96. The van der Waals surface area contributed by atoms with Crippen LogP contribution in [0.2, 0.25) is 0 Å². The maximum atomic E-state index is 14.2. The molecule has 0 saturated carbocycles. The number of nitrogens with zero attached hydrogens (tertiary/aromatic N) is 2. The first-order valence-electron chi connectivity index (χ1n) is 13.7. The first-order valence-corrected chi connectivity index (χ1v) is 15.2. The lowest BCUT2D eigenvalue weighted by Gasteiger charge is -2.34. The third-order valence-electron chi connectivity index (χ3n) is 6.75. The molecule has 0 bridgehead atoms. The first kappa shape index (κ1) is 30.9. The van der Waals surface area contributed by atoms with Gasteiger partial charge >= 0.3 is 0 Å². The highest BCUT2D eigenvalue weighted by molar-refractivity contribution is 7.92. The fourth-order valence-electron chi connectivity index (χ4n) is 4.57. The summed E-state index contributed by atoms with van der Waals surface area (Å²) in [6.07, 6.45) is 0.385. The van der Waals surface area contributed by atoms with E-state index in [1.165, 1.54) is 21.3 Å². The minimum atomic E-state index is -4.09. The van der Waals surface area contributed by atoms with Gasteiger partial charge in [-0.05, 0) is 68.0 Å².